The normalized spacial score (nSPS) is 15.3. The molecule has 8 rings (SSSR count). The molecule has 332 valence electrons. The van der Waals surface area contributed by atoms with E-state index >= 15 is 0 Å². The first kappa shape index (κ1) is 52.4. The third-order valence-electron chi connectivity index (χ3n) is 13.4. The first-order valence-corrected chi connectivity index (χ1v) is 29.8. The molecule has 2 aliphatic carbocycles. The van der Waals surface area contributed by atoms with Gasteiger partial charge in [0.05, 0.1) is 0 Å². The maximum atomic E-state index is 2.47. The first-order valence-electron chi connectivity index (χ1n) is 23.9. The molecule has 4 heteroatoms. The summed E-state index contributed by atoms with van der Waals surface area (Å²) in [7, 11) is 0. The number of fused-ring (bicyclic) bond motifs is 2. The second-order valence-corrected chi connectivity index (χ2v) is 29.0. The van der Waals surface area contributed by atoms with Crippen LogP contribution in [0.15, 0.2) is 109 Å². The van der Waals surface area contributed by atoms with E-state index in [4.69, 9.17) is 0 Å². The fourth-order valence-electron chi connectivity index (χ4n) is 9.81. The van der Waals surface area contributed by atoms with E-state index in [1.165, 1.54) is 168 Å². The molecular formula is C58H76Cl2SiZr-2. The van der Waals surface area contributed by atoms with Crippen LogP contribution in [-0.2, 0) is 47.0 Å². The van der Waals surface area contributed by atoms with Crippen LogP contribution >= 0.6 is 0 Å². The Kier molecular flexibility index (Phi) is 21.0. The van der Waals surface area contributed by atoms with Crippen LogP contribution in [0.2, 0.25) is 12.6 Å². The van der Waals surface area contributed by atoms with Crippen LogP contribution in [0, 0.1) is 11.8 Å². The molecule has 0 spiro atoms. The molecule has 2 fully saturated rings. The topological polar surface area (TPSA) is 0 Å². The Hall–Kier alpha value is -2.22. The van der Waals surface area contributed by atoms with Crippen LogP contribution in [0.1, 0.15) is 154 Å². The summed E-state index contributed by atoms with van der Waals surface area (Å²) in [6.45, 7) is 18.3. The largest absolute Gasteiger partial charge is 1.00 e. The Labute approximate surface area is 405 Å². The van der Waals surface area contributed by atoms with Crippen LogP contribution in [-0.4, -0.2) is 5.43 Å². The Morgan fingerprint density at radius 1 is 0.532 bits per heavy atom. The summed E-state index contributed by atoms with van der Waals surface area (Å²) in [6, 6.07) is 43.2. The Morgan fingerprint density at radius 3 is 1.18 bits per heavy atom. The zero-order valence-electron chi connectivity index (χ0n) is 39.6. The minimum atomic E-state index is 0. The fourth-order valence-corrected chi connectivity index (χ4v) is 12.4. The third kappa shape index (κ3) is 15.2. The molecule has 0 radical (unpaired) electrons. The van der Waals surface area contributed by atoms with Gasteiger partial charge in [-0.3, -0.25) is 0 Å². The van der Waals surface area contributed by atoms with Gasteiger partial charge in [0.15, 0.2) is 0 Å². The summed E-state index contributed by atoms with van der Waals surface area (Å²) < 4.78 is 0. The van der Waals surface area contributed by atoms with E-state index in [0.717, 1.165) is 11.8 Å². The monoisotopic (exact) mass is 960 g/mol. The summed E-state index contributed by atoms with van der Waals surface area (Å²) in [5.74, 6) is 1.78. The van der Waals surface area contributed by atoms with E-state index in [1.54, 1.807) is 23.3 Å². The van der Waals surface area contributed by atoms with Crippen molar-refractivity contribution in [2.75, 3.05) is 0 Å². The molecule has 0 N–H and O–H groups in total. The van der Waals surface area contributed by atoms with Crippen molar-refractivity contribution in [3.63, 3.8) is 0 Å². The molecule has 0 saturated heterocycles. The molecule has 0 unspecified atom stereocenters. The van der Waals surface area contributed by atoms with Gasteiger partial charge in [-0.15, -0.1) is 69.1 Å². The summed E-state index contributed by atoms with van der Waals surface area (Å²) >= 11 is 1.79. The third-order valence-corrected chi connectivity index (χ3v) is 16.5. The van der Waals surface area contributed by atoms with Crippen molar-refractivity contribution >= 4 is 27.0 Å². The number of hydrogen-bond acceptors (Lipinski definition) is 0. The summed E-state index contributed by atoms with van der Waals surface area (Å²) in [4.78, 5) is 0. The molecule has 0 bridgehead atoms. The van der Waals surface area contributed by atoms with Crippen molar-refractivity contribution < 1.29 is 48.1 Å². The quantitative estimate of drug-likeness (QED) is 0.0810. The average Bonchev–Trinajstić information content (AvgIpc) is 3.60. The van der Waals surface area contributed by atoms with Crippen LogP contribution in [0.4, 0.5) is 0 Å². The van der Waals surface area contributed by atoms with Crippen LogP contribution in [0.3, 0.4) is 0 Å². The van der Waals surface area contributed by atoms with Gasteiger partial charge in [0.2, 0.25) is 0 Å². The van der Waals surface area contributed by atoms with Gasteiger partial charge in [-0.25, -0.2) is 0 Å². The summed E-state index contributed by atoms with van der Waals surface area (Å²) in [6.07, 6.45) is 21.1. The molecule has 0 amide bonds. The Morgan fingerprint density at radius 2 is 0.887 bits per heavy atom. The standard InChI is InChI=1S/2C27H33.C4H10Si.2ClH.Zr/c2*1-27(2,3)24-15-13-22(14-16-24)25-12-8-11-23-18-21(19-26(23)25)17-20-9-6-4-5-7-10-20;1-3-4-5-2;;;/h2*8,11-16,18-20H,4-7,9-10,17H2,1-3H3;3-4H2,1-2H3;2*1H;/q2*-1;;;;+2/p-2. The molecule has 0 atom stereocenters. The number of rotatable bonds is 8. The van der Waals surface area contributed by atoms with Crippen molar-refractivity contribution in [1.82, 2.24) is 0 Å². The van der Waals surface area contributed by atoms with E-state index in [2.05, 4.69) is 164 Å². The van der Waals surface area contributed by atoms with Crippen molar-refractivity contribution in [3.05, 3.63) is 131 Å². The second-order valence-electron chi connectivity index (χ2n) is 20.7. The van der Waals surface area contributed by atoms with Gasteiger partial charge >= 0.3 is 54.7 Å². The molecule has 62 heavy (non-hydrogen) atoms. The zero-order chi connectivity index (χ0) is 42.7. The van der Waals surface area contributed by atoms with Crippen molar-refractivity contribution in [2.24, 2.45) is 11.8 Å². The van der Waals surface area contributed by atoms with Crippen LogP contribution < -0.4 is 24.8 Å². The van der Waals surface area contributed by atoms with E-state index in [0.29, 0.717) is 0 Å². The summed E-state index contributed by atoms with van der Waals surface area (Å²) in [5.41, 5.74) is 11.9. The maximum Gasteiger partial charge on any atom is -1.00 e. The van der Waals surface area contributed by atoms with Gasteiger partial charge in [-0.05, 0) is 57.8 Å². The molecule has 6 aromatic rings. The fraction of sp³-hybridized carbons (Fsp3) is 0.483. The molecule has 0 heterocycles. The SMILES string of the molecule is CC(C)(C)c1ccc(-c2cccc3[cH-]c(CC4CCCCCC4)cc23)cc1.CC(C)(C)c1ccc(-c2cccc3[cH-]c(CC4CCCCCC4)cc23)cc1.CCC[Si](C)=[Zr+2].[Cl-].[Cl-]. The van der Waals surface area contributed by atoms with E-state index in [1.807, 2.05) is 0 Å². The molecule has 2 aliphatic rings. The minimum absolute atomic E-state index is 0. The van der Waals surface area contributed by atoms with Gasteiger partial charge in [0.25, 0.3) is 0 Å². The zero-order valence-corrected chi connectivity index (χ0v) is 44.6. The predicted molar refractivity (Wildman–Crippen MR) is 264 cm³/mol. The van der Waals surface area contributed by atoms with Crippen LogP contribution in [0.25, 0.3) is 43.8 Å². The number of halogens is 2. The van der Waals surface area contributed by atoms with Gasteiger partial charge in [0, 0.05) is 0 Å². The van der Waals surface area contributed by atoms with Crippen molar-refractivity contribution in [3.8, 4) is 22.3 Å². The average molecular weight is 963 g/mol. The van der Waals surface area contributed by atoms with Crippen molar-refractivity contribution in [2.45, 2.75) is 168 Å². The summed E-state index contributed by atoms with van der Waals surface area (Å²) in [5, 5.41) is 5.64. The number of hydrogen-bond donors (Lipinski definition) is 0. The maximum absolute atomic E-state index is 2.47. The number of benzene rings is 4. The minimum Gasteiger partial charge on any atom is -1.00 e. The molecule has 0 aromatic heterocycles. The Balaban J connectivity index is 0.000000234. The Bertz CT molecular complexity index is 2070. The molecule has 0 nitrogen and oxygen atoms in total. The van der Waals surface area contributed by atoms with Gasteiger partial charge < -0.3 is 24.8 Å². The van der Waals surface area contributed by atoms with E-state index < -0.39 is 0 Å². The second kappa shape index (κ2) is 24.9. The van der Waals surface area contributed by atoms with Gasteiger partial charge in [-0.1, -0.05) is 190 Å². The van der Waals surface area contributed by atoms with Gasteiger partial charge in [0.1, 0.15) is 0 Å². The van der Waals surface area contributed by atoms with E-state index in [9.17, 15) is 0 Å². The predicted octanol–water partition coefficient (Wildman–Crippen LogP) is 11.6. The molecule has 2 saturated carbocycles. The van der Waals surface area contributed by atoms with E-state index in [-0.39, 0.29) is 41.1 Å². The van der Waals surface area contributed by atoms with Crippen LogP contribution in [0.5, 0.6) is 0 Å². The van der Waals surface area contributed by atoms with Gasteiger partial charge in [-0.2, -0.15) is 12.1 Å². The first-order chi connectivity index (χ1) is 28.8. The van der Waals surface area contributed by atoms with Crippen molar-refractivity contribution in [1.29, 1.82) is 0 Å². The smallest absolute Gasteiger partial charge is 1.00 e. The molecular weight excluding hydrogens is 887 g/mol. The molecule has 0 aliphatic heterocycles. The molecule has 6 aromatic carbocycles.